The molecule has 2 rings (SSSR count). The SMILES string of the molecule is CCNC(COC1COC1)c1cc(C)ccc1OC. The highest BCUT2D eigenvalue weighted by atomic mass is 16.6. The molecule has 1 aliphatic heterocycles. The number of methoxy groups -OCH3 is 1. The van der Waals surface area contributed by atoms with Crippen LogP contribution in [0.1, 0.15) is 24.1 Å². The summed E-state index contributed by atoms with van der Waals surface area (Å²) >= 11 is 0. The third-order valence-electron chi connectivity index (χ3n) is 3.32. The molecule has 1 aliphatic rings. The van der Waals surface area contributed by atoms with Crippen molar-refractivity contribution in [3.63, 3.8) is 0 Å². The number of rotatable bonds is 7. The fraction of sp³-hybridized carbons (Fsp3) is 0.600. The molecule has 1 aromatic rings. The van der Waals surface area contributed by atoms with E-state index in [0.717, 1.165) is 17.9 Å². The Morgan fingerprint density at radius 1 is 1.42 bits per heavy atom. The van der Waals surface area contributed by atoms with Gasteiger partial charge < -0.3 is 19.5 Å². The molecule has 1 unspecified atom stereocenters. The maximum Gasteiger partial charge on any atom is 0.123 e. The van der Waals surface area contributed by atoms with Gasteiger partial charge in [0, 0.05) is 5.56 Å². The zero-order valence-corrected chi connectivity index (χ0v) is 11.9. The lowest BCUT2D eigenvalue weighted by Crippen LogP contribution is -2.38. The molecule has 0 saturated carbocycles. The van der Waals surface area contributed by atoms with Gasteiger partial charge in [0.15, 0.2) is 0 Å². The van der Waals surface area contributed by atoms with Gasteiger partial charge >= 0.3 is 0 Å². The summed E-state index contributed by atoms with van der Waals surface area (Å²) in [6, 6.07) is 6.39. The molecule has 1 saturated heterocycles. The zero-order valence-electron chi connectivity index (χ0n) is 11.9. The van der Waals surface area contributed by atoms with E-state index in [-0.39, 0.29) is 12.1 Å². The van der Waals surface area contributed by atoms with E-state index in [1.54, 1.807) is 7.11 Å². The Labute approximate surface area is 115 Å². The predicted octanol–water partition coefficient (Wildman–Crippen LogP) is 2.07. The van der Waals surface area contributed by atoms with Crippen LogP contribution >= 0.6 is 0 Å². The molecule has 0 bridgehead atoms. The summed E-state index contributed by atoms with van der Waals surface area (Å²) in [5.41, 5.74) is 2.38. The van der Waals surface area contributed by atoms with E-state index in [1.807, 2.05) is 6.07 Å². The van der Waals surface area contributed by atoms with Gasteiger partial charge in [0.05, 0.1) is 33.0 Å². The molecule has 4 nitrogen and oxygen atoms in total. The molecule has 1 atom stereocenters. The van der Waals surface area contributed by atoms with Gasteiger partial charge in [0.2, 0.25) is 0 Å². The largest absolute Gasteiger partial charge is 0.496 e. The fourth-order valence-corrected chi connectivity index (χ4v) is 2.17. The van der Waals surface area contributed by atoms with Crippen molar-refractivity contribution >= 4 is 0 Å². The maximum absolute atomic E-state index is 5.84. The Balaban J connectivity index is 2.09. The summed E-state index contributed by atoms with van der Waals surface area (Å²) in [6.07, 6.45) is 0.247. The van der Waals surface area contributed by atoms with Gasteiger partial charge in [0.1, 0.15) is 11.9 Å². The van der Waals surface area contributed by atoms with Gasteiger partial charge in [-0.2, -0.15) is 0 Å². The topological polar surface area (TPSA) is 39.7 Å². The quantitative estimate of drug-likeness (QED) is 0.819. The van der Waals surface area contributed by atoms with Crippen LogP contribution in [0.15, 0.2) is 18.2 Å². The number of likely N-dealkylation sites (N-methyl/N-ethyl adjacent to an activating group) is 1. The Kier molecular flexibility index (Phi) is 5.19. The standard InChI is InChI=1S/C15H23NO3/c1-4-16-14(10-19-12-8-18-9-12)13-7-11(2)5-6-15(13)17-3/h5-7,12,14,16H,4,8-10H2,1-3H3. The first kappa shape index (κ1) is 14.3. The summed E-state index contributed by atoms with van der Waals surface area (Å²) in [5, 5.41) is 3.46. The van der Waals surface area contributed by atoms with E-state index in [4.69, 9.17) is 14.2 Å². The number of benzene rings is 1. The van der Waals surface area contributed by atoms with Crippen molar-refractivity contribution in [2.75, 3.05) is 33.5 Å². The lowest BCUT2D eigenvalue weighted by molar-refractivity contribution is -0.133. The molecule has 0 aliphatic carbocycles. The van der Waals surface area contributed by atoms with Crippen LogP contribution in [0.2, 0.25) is 0 Å². The van der Waals surface area contributed by atoms with Crippen LogP contribution in [-0.4, -0.2) is 39.6 Å². The number of hydrogen-bond acceptors (Lipinski definition) is 4. The minimum atomic E-state index is 0.153. The van der Waals surface area contributed by atoms with Crippen LogP contribution in [0.5, 0.6) is 5.75 Å². The maximum atomic E-state index is 5.84. The normalized spacial score (nSPS) is 17.0. The molecule has 1 fully saturated rings. The first-order valence-electron chi connectivity index (χ1n) is 6.81. The van der Waals surface area contributed by atoms with E-state index in [1.165, 1.54) is 5.56 Å². The minimum absolute atomic E-state index is 0.153. The smallest absolute Gasteiger partial charge is 0.123 e. The second-order valence-electron chi connectivity index (χ2n) is 4.85. The first-order valence-corrected chi connectivity index (χ1v) is 6.81. The van der Waals surface area contributed by atoms with Crippen LogP contribution < -0.4 is 10.1 Å². The number of hydrogen-bond donors (Lipinski definition) is 1. The van der Waals surface area contributed by atoms with Crippen molar-refractivity contribution in [1.82, 2.24) is 5.32 Å². The number of ether oxygens (including phenoxy) is 3. The first-order chi connectivity index (χ1) is 9.24. The summed E-state index contributed by atoms with van der Waals surface area (Å²) in [5.74, 6) is 0.907. The molecular formula is C15H23NO3. The Morgan fingerprint density at radius 3 is 2.79 bits per heavy atom. The van der Waals surface area contributed by atoms with Gasteiger partial charge in [-0.3, -0.25) is 0 Å². The molecule has 19 heavy (non-hydrogen) atoms. The Morgan fingerprint density at radius 2 is 2.21 bits per heavy atom. The highest BCUT2D eigenvalue weighted by Gasteiger charge is 2.22. The number of aryl methyl sites for hydroxylation is 1. The van der Waals surface area contributed by atoms with Crippen molar-refractivity contribution < 1.29 is 14.2 Å². The van der Waals surface area contributed by atoms with Crippen LogP contribution in [0.3, 0.4) is 0 Å². The second kappa shape index (κ2) is 6.89. The minimum Gasteiger partial charge on any atom is -0.496 e. The molecule has 0 spiro atoms. The van der Waals surface area contributed by atoms with Gasteiger partial charge in [-0.1, -0.05) is 24.6 Å². The molecule has 106 valence electrons. The van der Waals surface area contributed by atoms with E-state index in [0.29, 0.717) is 19.8 Å². The van der Waals surface area contributed by atoms with Crippen LogP contribution in [-0.2, 0) is 9.47 Å². The molecule has 0 aromatic heterocycles. The molecule has 1 heterocycles. The van der Waals surface area contributed by atoms with Gasteiger partial charge in [-0.05, 0) is 19.5 Å². The van der Waals surface area contributed by atoms with Crippen molar-refractivity contribution in [1.29, 1.82) is 0 Å². The van der Waals surface area contributed by atoms with Crippen molar-refractivity contribution in [2.24, 2.45) is 0 Å². The lowest BCUT2D eigenvalue weighted by atomic mass is 10.0. The molecule has 0 radical (unpaired) electrons. The van der Waals surface area contributed by atoms with Crippen molar-refractivity contribution in [3.05, 3.63) is 29.3 Å². The van der Waals surface area contributed by atoms with E-state index in [9.17, 15) is 0 Å². The predicted molar refractivity (Wildman–Crippen MR) is 74.7 cm³/mol. The fourth-order valence-electron chi connectivity index (χ4n) is 2.17. The van der Waals surface area contributed by atoms with Crippen LogP contribution in [0.4, 0.5) is 0 Å². The zero-order chi connectivity index (χ0) is 13.7. The van der Waals surface area contributed by atoms with Crippen molar-refractivity contribution in [3.8, 4) is 5.75 Å². The summed E-state index contributed by atoms with van der Waals surface area (Å²) in [7, 11) is 1.71. The van der Waals surface area contributed by atoms with Crippen LogP contribution in [0.25, 0.3) is 0 Å². The molecule has 4 heteroatoms. The highest BCUT2D eigenvalue weighted by molar-refractivity contribution is 5.39. The van der Waals surface area contributed by atoms with Gasteiger partial charge in [-0.25, -0.2) is 0 Å². The molecule has 0 amide bonds. The van der Waals surface area contributed by atoms with E-state index >= 15 is 0 Å². The lowest BCUT2D eigenvalue weighted by Gasteiger charge is -2.29. The number of nitrogens with one attached hydrogen (secondary N) is 1. The third-order valence-corrected chi connectivity index (χ3v) is 3.32. The highest BCUT2D eigenvalue weighted by Crippen LogP contribution is 2.27. The van der Waals surface area contributed by atoms with Gasteiger partial charge in [0.25, 0.3) is 0 Å². The second-order valence-corrected chi connectivity index (χ2v) is 4.85. The monoisotopic (exact) mass is 265 g/mol. The van der Waals surface area contributed by atoms with Crippen molar-refractivity contribution in [2.45, 2.75) is 26.0 Å². The summed E-state index contributed by atoms with van der Waals surface area (Å²) in [4.78, 5) is 0. The summed E-state index contributed by atoms with van der Waals surface area (Å²) < 4.78 is 16.4. The average molecular weight is 265 g/mol. The Bertz CT molecular complexity index is 404. The third kappa shape index (κ3) is 3.69. The Hall–Kier alpha value is -1.10. The summed E-state index contributed by atoms with van der Waals surface area (Å²) in [6.45, 7) is 7.15. The molecule has 1 aromatic carbocycles. The van der Waals surface area contributed by atoms with E-state index in [2.05, 4.69) is 31.3 Å². The van der Waals surface area contributed by atoms with Gasteiger partial charge in [-0.15, -0.1) is 0 Å². The van der Waals surface area contributed by atoms with Crippen LogP contribution in [0, 0.1) is 6.92 Å². The molecule has 1 N–H and O–H groups in total. The van der Waals surface area contributed by atoms with E-state index < -0.39 is 0 Å². The average Bonchev–Trinajstić information content (AvgIpc) is 2.35. The molecular weight excluding hydrogens is 242 g/mol.